The number of benzene rings is 1. The summed E-state index contributed by atoms with van der Waals surface area (Å²) in [6.07, 6.45) is 6.99. The van der Waals surface area contributed by atoms with Crippen LogP contribution in [0.15, 0.2) is 63.2 Å². The number of halogens is 1. The molecule has 1 aromatic carbocycles. The molecule has 5 nitrogen and oxygen atoms in total. The number of thiophene rings is 1. The van der Waals surface area contributed by atoms with E-state index in [-0.39, 0.29) is 11.8 Å². The number of amides is 2. The molecule has 3 aromatic rings. The van der Waals surface area contributed by atoms with Crippen LogP contribution in [-0.4, -0.2) is 18.4 Å². The SMILES string of the molecule is O=C(/C=C/c1ccc(Br)s1)Nc1ccc2c(c1)CCN2C(=O)c1ccoc1. The maximum Gasteiger partial charge on any atom is 0.261 e. The van der Waals surface area contributed by atoms with E-state index in [9.17, 15) is 9.59 Å². The summed E-state index contributed by atoms with van der Waals surface area (Å²) in [7, 11) is 0. The van der Waals surface area contributed by atoms with Crippen LogP contribution in [0, 0.1) is 0 Å². The zero-order valence-electron chi connectivity index (χ0n) is 14.1. The van der Waals surface area contributed by atoms with Crippen LogP contribution in [-0.2, 0) is 11.2 Å². The standard InChI is InChI=1S/C20H15BrN2O3S/c21-18-5-2-16(27-18)3-6-19(24)22-15-1-4-17-13(11-15)7-9-23(17)20(25)14-8-10-26-12-14/h1-6,8,10-12H,7,9H2,(H,22,24)/b6-3+. The van der Waals surface area contributed by atoms with Crippen molar-refractivity contribution in [3.05, 3.63) is 74.8 Å². The van der Waals surface area contributed by atoms with Gasteiger partial charge in [0.15, 0.2) is 0 Å². The van der Waals surface area contributed by atoms with Gasteiger partial charge in [-0.25, -0.2) is 0 Å². The Kier molecular flexibility index (Phi) is 4.96. The molecule has 0 saturated heterocycles. The molecule has 0 bridgehead atoms. The van der Waals surface area contributed by atoms with Gasteiger partial charge in [0.05, 0.1) is 15.6 Å². The minimum Gasteiger partial charge on any atom is -0.472 e. The fraction of sp³-hybridized carbons (Fsp3) is 0.100. The Bertz CT molecular complexity index is 1020. The molecular weight excluding hydrogens is 428 g/mol. The van der Waals surface area contributed by atoms with Gasteiger partial charge in [0.1, 0.15) is 6.26 Å². The molecule has 27 heavy (non-hydrogen) atoms. The number of anilines is 2. The van der Waals surface area contributed by atoms with Crippen LogP contribution < -0.4 is 10.2 Å². The Morgan fingerprint density at radius 3 is 2.85 bits per heavy atom. The van der Waals surface area contributed by atoms with Gasteiger partial charge in [0, 0.05) is 28.9 Å². The molecule has 2 aromatic heterocycles. The summed E-state index contributed by atoms with van der Waals surface area (Å²) in [5, 5.41) is 2.87. The largest absolute Gasteiger partial charge is 0.472 e. The third-order valence-electron chi connectivity index (χ3n) is 4.25. The van der Waals surface area contributed by atoms with Gasteiger partial charge in [-0.3, -0.25) is 9.59 Å². The number of hydrogen-bond donors (Lipinski definition) is 1. The van der Waals surface area contributed by atoms with E-state index in [0.29, 0.717) is 17.8 Å². The Hall–Kier alpha value is -2.64. The van der Waals surface area contributed by atoms with Crippen molar-refractivity contribution in [3.63, 3.8) is 0 Å². The summed E-state index contributed by atoms with van der Waals surface area (Å²) in [5.74, 6) is -0.270. The minimum absolute atomic E-state index is 0.0793. The highest BCUT2D eigenvalue weighted by molar-refractivity contribution is 9.11. The van der Waals surface area contributed by atoms with Gasteiger partial charge >= 0.3 is 0 Å². The number of nitrogens with zero attached hydrogens (tertiary/aromatic N) is 1. The van der Waals surface area contributed by atoms with E-state index < -0.39 is 0 Å². The molecule has 0 aliphatic carbocycles. The first-order chi connectivity index (χ1) is 13.1. The average molecular weight is 443 g/mol. The lowest BCUT2D eigenvalue weighted by atomic mass is 10.1. The molecule has 4 rings (SSSR count). The van der Waals surface area contributed by atoms with Crippen LogP contribution in [0.2, 0.25) is 0 Å². The molecule has 2 amide bonds. The van der Waals surface area contributed by atoms with E-state index in [0.717, 1.165) is 26.3 Å². The summed E-state index contributed by atoms with van der Waals surface area (Å²) in [6, 6.07) is 11.2. The van der Waals surface area contributed by atoms with Gasteiger partial charge in [-0.1, -0.05) is 0 Å². The first-order valence-corrected chi connectivity index (χ1v) is 9.92. The first-order valence-electron chi connectivity index (χ1n) is 8.31. The van der Waals surface area contributed by atoms with Crippen molar-refractivity contribution < 1.29 is 14.0 Å². The minimum atomic E-state index is -0.191. The number of carbonyl (C=O) groups is 2. The van der Waals surface area contributed by atoms with E-state index in [2.05, 4.69) is 21.2 Å². The zero-order valence-corrected chi connectivity index (χ0v) is 16.5. The first kappa shape index (κ1) is 17.8. The summed E-state index contributed by atoms with van der Waals surface area (Å²) in [5.41, 5.74) is 3.16. The molecular formula is C20H15BrN2O3S. The molecule has 1 aliphatic rings. The average Bonchev–Trinajstić information content (AvgIpc) is 3.40. The lowest BCUT2D eigenvalue weighted by Crippen LogP contribution is -2.28. The van der Waals surface area contributed by atoms with Gasteiger partial charge in [-0.2, -0.15) is 0 Å². The Labute approximate surface area is 168 Å². The zero-order chi connectivity index (χ0) is 18.8. The summed E-state index contributed by atoms with van der Waals surface area (Å²) < 4.78 is 6.02. The summed E-state index contributed by atoms with van der Waals surface area (Å²) >= 11 is 4.96. The van der Waals surface area contributed by atoms with Crippen LogP contribution in [0.3, 0.4) is 0 Å². The van der Waals surface area contributed by atoms with Gasteiger partial charge in [0.25, 0.3) is 5.91 Å². The third-order valence-corrected chi connectivity index (χ3v) is 5.84. The van der Waals surface area contributed by atoms with Gasteiger partial charge in [-0.05, 0) is 70.4 Å². The van der Waals surface area contributed by atoms with Crippen molar-refractivity contribution >= 4 is 56.5 Å². The van der Waals surface area contributed by atoms with E-state index in [1.54, 1.807) is 28.4 Å². The lowest BCUT2D eigenvalue weighted by Gasteiger charge is -2.16. The van der Waals surface area contributed by atoms with Gasteiger partial charge in [0.2, 0.25) is 5.91 Å². The van der Waals surface area contributed by atoms with E-state index in [4.69, 9.17) is 4.42 Å². The molecule has 0 radical (unpaired) electrons. The topological polar surface area (TPSA) is 62.6 Å². The predicted octanol–water partition coefficient (Wildman–Crippen LogP) is 4.96. The highest BCUT2D eigenvalue weighted by atomic mass is 79.9. The smallest absolute Gasteiger partial charge is 0.261 e. The number of carbonyl (C=O) groups excluding carboxylic acids is 2. The van der Waals surface area contributed by atoms with Crippen LogP contribution in [0.25, 0.3) is 6.08 Å². The molecule has 1 N–H and O–H groups in total. The van der Waals surface area contributed by atoms with Crippen molar-refractivity contribution in [2.75, 3.05) is 16.8 Å². The van der Waals surface area contributed by atoms with Crippen molar-refractivity contribution in [3.8, 4) is 0 Å². The van der Waals surface area contributed by atoms with Crippen LogP contribution in [0.5, 0.6) is 0 Å². The quantitative estimate of drug-likeness (QED) is 0.580. The molecule has 0 spiro atoms. The Morgan fingerprint density at radius 1 is 1.22 bits per heavy atom. The predicted molar refractivity (Wildman–Crippen MR) is 110 cm³/mol. The van der Waals surface area contributed by atoms with Crippen LogP contribution in [0.4, 0.5) is 11.4 Å². The van der Waals surface area contributed by atoms with Crippen molar-refractivity contribution in [1.82, 2.24) is 0 Å². The van der Waals surface area contributed by atoms with E-state index >= 15 is 0 Å². The highest BCUT2D eigenvalue weighted by Crippen LogP contribution is 2.31. The summed E-state index contributed by atoms with van der Waals surface area (Å²) in [4.78, 5) is 27.4. The second kappa shape index (κ2) is 7.54. The maximum absolute atomic E-state index is 12.5. The second-order valence-electron chi connectivity index (χ2n) is 6.03. The number of furan rings is 1. The molecule has 1 aliphatic heterocycles. The van der Waals surface area contributed by atoms with Crippen LogP contribution in [0.1, 0.15) is 20.8 Å². The molecule has 0 saturated carbocycles. The van der Waals surface area contributed by atoms with Gasteiger partial charge in [-0.15, -0.1) is 11.3 Å². The molecule has 7 heteroatoms. The van der Waals surface area contributed by atoms with Gasteiger partial charge < -0.3 is 14.6 Å². The number of nitrogens with one attached hydrogen (secondary N) is 1. The lowest BCUT2D eigenvalue weighted by molar-refractivity contribution is -0.111. The maximum atomic E-state index is 12.5. The number of hydrogen-bond acceptors (Lipinski definition) is 4. The second-order valence-corrected chi connectivity index (χ2v) is 8.52. The van der Waals surface area contributed by atoms with Crippen LogP contribution >= 0.6 is 27.3 Å². The fourth-order valence-corrected chi connectivity index (χ4v) is 4.32. The molecule has 0 unspecified atom stereocenters. The number of fused-ring (bicyclic) bond motifs is 1. The monoisotopic (exact) mass is 442 g/mol. The van der Waals surface area contributed by atoms with E-state index in [1.165, 1.54) is 18.6 Å². The highest BCUT2D eigenvalue weighted by Gasteiger charge is 2.26. The third kappa shape index (κ3) is 3.89. The Morgan fingerprint density at radius 2 is 2.11 bits per heavy atom. The molecule has 136 valence electrons. The van der Waals surface area contributed by atoms with E-state index in [1.807, 2.05) is 30.3 Å². The molecule has 0 atom stereocenters. The molecule has 3 heterocycles. The normalized spacial score (nSPS) is 13.1. The number of rotatable bonds is 4. The van der Waals surface area contributed by atoms with Crippen molar-refractivity contribution in [1.29, 1.82) is 0 Å². The molecule has 0 fully saturated rings. The van der Waals surface area contributed by atoms with Crippen molar-refractivity contribution in [2.45, 2.75) is 6.42 Å². The Balaban J connectivity index is 1.45. The summed E-state index contributed by atoms with van der Waals surface area (Å²) in [6.45, 7) is 0.615. The fourth-order valence-electron chi connectivity index (χ4n) is 2.99. The van der Waals surface area contributed by atoms with Crippen molar-refractivity contribution in [2.24, 2.45) is 0 Å².